The molecule has 156 valence electrons. The molecular weight excluding hydrogens is 435 g/mol. The summed E-state index contributed by atoms with van der Waals surface area (Å²) in [4.78, 5) is 8.66. The molecule has 0 radical (unpaired) electrons. The highest BCUT2D eigenvalue weighted by atomic mass is 35.5. The Morgan fingerprint density at radius 3 is 2.28 bits per heavy atom. The number of nitrogens with two attached hydrogens (primary N) is 1. The molecule has 2 N–H and O–H groups in total. The third-order valence-corrected chi connectivity index (χ3v) is 5.41. The smallest absolute Gasteiger partial charge is 0.187 e. The molecule has 29 heavy (non-hydrogen) atoms. The molecule has 0 atom stereocenters. The Labute approximate surface area is 187 Å². The van der Waals surface area contributed by atoms with Gasteiger partial charge in [-0.3, -0.25) is 9.55 Å². The fourth-order valence-corrected chi connectivity index (χ4v) is 4.40. The summed E-state index contributed by atoms with van der Waals surface area (Å²) in [6.45, 7) is 2.57. The van der Waals surface area contributed by atoms with E-state index < -0.39 is 0 Å². The van der Waals surface area contributed by atoms with Gasteiger partial charge in [0, 0.05) is 23.3 Å². The van der Waals surface area contributed by atoms with Gasteiger partial charge in [0.1, 0.15) is 17.3 Å². The van der Waals surface area contributed by atoms with Gasteiger partial charge in [0.15, 0.2) is 5.82 Å². The average Bonchev–Trinajstić information content (AvgIpc) is 3.05. The molecule has 3 fully saturated rings. The van der Waals surface area contributed by atoms with E-state index in [1.54, 1.807) is 18.6 Å². The Morgan fingerprint density at radius 2 is 1.72 bits per heavy atom. The van der Waals surface area contributed by atoms with E-state index >= 15 is 0 Å². The molecular formula is C19H23Cl3N6O. The minimum absolute atomic E-state index is 0. The van der Waals surface area contributed by atoms with E-state index in [1.165, 1.54) is 0 Å². The van der Waals surface area contributed by atoms with Gasteiger partial charge in [0.25, 0.3) is 0 Å². The SMILES string of the molecule is CCOc1ccc(-c2nnc(C34CC(N)(C3)C4)n2-c2ccncc2)nc1.Cl.Cl.Cl. The summed E-state index contributed by atoms with van der Waals surface area (Å²) in [6.07, 6.45) is 8.20. The van der Waals surface area contributed by atoms with Gasteiger partial charge < -0.3 is 10.5 Å². The molecule has 0 unspecified atom stereocenters. The maximum absolute atomic E-state index is 6.27. The first-order chi connectivity index (χ1) is 12.6. The number of ether oxygens (including phenoxy) is 1. The molecule has 7 nitrogen and oxygen atoms in total. The lowest BCUT2D eigenvalue weighted by Gasteiger charge is -2.68. The highest BCUT2D eigenvalue weighted by molar-refractivity contribution is 5.86. The molecule has 3 aromatic heterocycles. The van der Waals surface area contributed by atoms with Crippen molar-refractivity contribution >= 4 is 37.2 Å². The third kappa shape index (κ3) is 3.68. The molecule has 6 rings (SSSR count). The van der Waals surface area contributed by atoms with Crippen LogP contribution in [-0.2, 0) is 5.41 Å². The molecule has 0 aromatic carbocycles. The largest absolute Gasteiger partial charge is 0.492 e. The van der Waals surface area contributed by atoms with Crippen molar-refractivity contribution in [1.82, 2.24) is 24.7 Å². The summed E-state index contributed by atoms with van der Waals surface area (Å²) in [6, 6.07) is 7.76. The van der Waals surface area contributed by atoms with Gasteiger partial charge >= 0.3 is 0 Å². The maximum Gasteiger partial charge on any atom is 0.187 e. The van der Waals surface area contributed by atoms with Crippen molar-refractivity contribution in [2.75, 3.05) is 6.61 Å². The van der Waals surface area contributed by atoms with Gasteiger partial charge in [0.2, 0.25) is 0 Å². The van der Waals surface area contributed by atoms with Crippen LogP contribution in [0.5, 0.6) is 5.75 Å². The molecule has 3 saturated carbocycles. The summed E-state index contributed by atoms with van der Waals surface area (Å²) < 4.78 is 7.59. The van der Waals surface area contributed by atoms with Crippen LogP contribution >= 0.6 is 37.2 Å². The normalized spacial score (nSPS) is 23.4. The zero-order valence-electron chi connectivity index (χ0n) is 15.8. The molecule has 0 amide bonds. The first-order valence-corrected chi connectivity index (χ1v) is 8.87. The molecule has 0 aliphatic heterocycles. The predicted octanol–water partition coefficient (Wildman–Crippen LogP) is 3.52. The van der Waals surface area contributed by atoms with E-state index in [2.05, 4.69) is 24.7 Å². The summed E-state index contributed by atoms with van der Waals surface area (Å²) in [5.74, 6) is 2.45. The Bertz CT molecular complexity index is 944. The summed E-state index contributed by atoms with van der Waals surface area (Å²) >= 11 is 0. The minimum atomic E-state index is 0. The van der Waals surface area contributed by atoms with Gasteiger partial charge in [-0.25, -0.2) is 4.98 Å². The summed E-state index contributed by atoms with van der Waals surface area (Å²) in [5, 5.41) is 9.04. The number of hydrogen-bond donors (Lipinski definition) is 1. The van der Waals surface area contributed by atoms with Crippen LogP contribution in [0.1, 0.15) is 32.0 Å². The number of hydrogen-bond acceptors (Lipinski definition) is 6. The highest BCUT2D eigenvalue weighted by Gasteiger charge is 2.68. The fraction of sp³-hybridized carbons (Fsp3) is 0.368. The molecule has 3 aliphatic rings. The zero-order chi connectivity index (χ0) is 17.8. The first kappa shape index (κ1) is 23.3. The highest BCUT2D eigenvalue weighted by Crippen LogP contribution is 2.66. The number of rotatable bonds is 5. The standard InChI is InChI=1S/C19H20N6O.3ClH/c1-2-26-14-3-4-15(22-9-14)16-23-24-17(18-10-19(20,11-18)12-18)25(16)13-5-7-21-8-6-13;;;/h3-9H,2,10-12,20H2,1H3;3*1H. The van der Waals surface area contributed by atoms with Crippen molar-refractivity contribution in [3.8, 4) is 23.0 Å². The van der Waals surface area contributed by atoms with E-state index in [4.69, 9.17) is 10.5 Å². The van der Waals surface area contributed by atoms with Crippen molar-refractivity contribution < 1.29 is 4.74 Å². The van der Waals surface area contributed by atoms with Crippen LogP contribution in [0.15, 0.2) is 42.9 Å². The lowest BCUT2D eigenvalue weighted by molar-refractivity contribution is -0.0663. The second kappa shape index (κ2) is 8.44. The van der Waals surface area contributed by atoms with E-state index in [0.29, 0.717) is 6.61 Å². The molecule has 2 bridgehead atoms. The van der Waals surface area contributed by atoms with Crippen molar-refractivity contribution in [2.45, 2.75) is 37.1 Å². The van der Waals surface area contributed by atoms with Crippen LogP contribution in [0, 0.1) is 0 Å². The van der Waals surface area contributed by atoms with Crippen molar-refractivity contribution in [3.63, 3.8) is 0 Å². The molecule has 0 spiro atoms. The van der Waals surface area contributed by atoms with Gasteiger partial charge in [-0.2, -0.15) is 0 Å². The third-order valence-electron chi connectivity index (χ3n) is 5.41. The van der Waals surface area contributed by atoms with Gasteiger partial charge in [-0.05, 0) is 50.5 Å². The number of nitrogens with zero attached hydrogens (tertiary/aromatic N) is 5. The molecule has 3 aliphatic carbocycles. The van der Waals surface area contributed by atoms with Crippen LogP contribution in [0.2, 0.25) is 0 Å². The van der Waals surface area contributed by atoms with Crippen LogP contribution in [0.25, 0.3) is 17.2 Å². The van der Waals surface area contributed by atoms with Gasteiger partial charge in [0.05, 0.1) is 18.5 Å². The van der Waals surface area contributed by atoms with Crippen LogP contribution in [0.4, 0.5) is 0 Å². The Hall–Kier alpha value is -1.93. The number of pyridine rings is 2. The van der Waals surface area contributed by atoms with Crippen LogP contribution in [-0.4, -0.2) is 36.9 Å². The molecule has 0 saturated heterocycles. The second-order valence-corrected chi connectivity index (χ2v) is 7.37. The Balaban J connectivity index is 0.000001000. The first-order valence-electron chi connectivity index (χ1n) is 8.87. The van der Waals surface area contributed by atoms with Gasteiger partial charge in [-0.15, -0.1) is 47.4 Å². The van der Waals surface area contributed by atoms with Crippen molar-refractivity contribution in [2.24, 2.45) is 5.73 Å². The lowest BCUT2D eigenvalue weighted by Crippen LogP contribution is -2.75. The number of halogens is 3. The topological polar surface area (TPSA) is 91.7 Å². The summed E-state index contributed by atoms with van der Waals surface area (Å²) in [5.41, 5.74) is 8.07. The zero-order valence-corrected chi connectivity index (χ0v) is 18.3. The second-order valence-electron chi connectivity index (χ2n) is 7.37. The van der Waals surface area contributed by atoms with Crippen molar-refractivity contribution in [3.05, 3.63) is 48.7 Å². The van der Waals surface area contributed by atoms with Crippen molar-refractivity contribution in [1.29, 1.82) is 0 Å². The van der Waals surface area contributed by atoms with Crippen LogP contribution < -0.4 is 10.5 Å². The predicted molar refractivity (Wildman–Crippen MR) is 118 cm³/mol. The Morgan fingerprint density at radius 1 is 1.03 bits per heavy atom. The maximum atomic E-state index is 6.27. The monoisotopic (exact) mass is 456 g/mol. The Kier molecular flexibility index (Phi) is 6.79. The van der Waals surface area contributed by atoms with E-state index in [0.717, 1.165) is 48.0 Å². The quantitative estimate of drug-likeness (QED) is 0.630. The lowest BCUT2D eigenvalue weighted by atomic mass is 9.39. The van der Waals surface area contributed by atoms with E-state index in [-0.39, 0.29) is 48.2 Å². The summed E-state index contributed by atoms with van der Waals surface area (Å²) in [7, 11) is 0. The minimum Gasteiger partial charge on any atom is -0.492 e. The van der Waals surface area contributed by atoms with E-state index in [1.807, 2.05) is 31.2 Å². The van der Waals surface area contributed by atoms with Crippen LogP contribution in [0.3, 0.4) is 0 Å². The average molecular weight is 458 g/mol. The van der Waals surface area contributed by atoms with E-state index in [9.17, 15) is 0 Å². The molecule has 10 heteroatoms. The number of aromatic nitrogens is 5. The van der Waals surface area contributed by atoms with Gasteiger partial charge in [-0.1, -0.05) is 0 Å². The molecule has 3 heterocycles. The fourth-order valence-electron chi connectivity index (χ4n) is 4.40. The molecule has 3 aromatic rings.